The minimum absolute atomic E-state index is 0.145. The number of nitrogen functional groups attached to an aromatic ring is 1. The average molecular weight is 328 g/mol. The van der Waals surface area contributed by atoms with E-state index in [1.807, 2.05) is 30.3 Å². The normalized spacial score (nSPS) is 15.2. The van der Waals surface area contributed by atoms with Crippen LogP contribution in [0.15, 0.2) is 42.5 Å². The smallest absolute Gasteiger partial charge is 0.138 e. The van der Waals surface area contributed by atoms with Crippen molar-refractivity contribution in [3.8, 4) is 11.8 Å². The van der Waals surface area contributed by atoms with Gasteiger partial charge in [-0.15, -0.1) is 0 Å². The van der Waals surface area contributed by atoms with Gasteiger partial charge in [0.2, 0.25) is 0 Å². The lowest BCUT2D eigenvalue weighted by Gasteiger charge is -2.34. The molecule has 2 aromatic rings. The first kappa shape index (κ1) is 15.5. The summed E-state index contributed by atoms with van der Waals surface area (Å²) in [4.78, 5) is 2.28. The minimum Gasteiger partial charge on any atom is -0.489 e. The molecule has 5 heteroatoms. The molecule has 1 heterocycles. The van der Waals surface area contributed by atoms with Crippen LogP contribution in [0, 0.1) is 11.3 Å². The van der Waals surface area contributed by atoms with Gasteiger partial charge in [0, 0.05) is 37.3 Å². The maximum atomic E-state index is 9.00. The summed E-state index contributed by atoms with van der Waals surface area (Å²) in [6.07, 6.45) is 1.97. The van der Waals surface area contributed by atoms with Gasteiger partial charge >= 0.3 is 0 Å². The minimum atomic E-state index is 0.145. The van der Waals surface area contributed by atoms with Gasteiger partial charge in [0.05, 0.1) is 16.7 Å². The Bertz CT molecular complexity index is 733. The molecule has 0 atom stereocenters. The fraction of sp³-hybridized carbons (Fsp3) is 0.278. The number of nitriles is 1. The molecule has 0 aromatic heterocycles. The van der Waals surface area contributed by atoms with Crippen molar-refractivity contribution in [2.24, 2.45) is 0 Å². The third-order valence-corrected chi connectivity index (χ3v) is 4.33. The summed E-state index contributed by atoms with van der Waals surface area (Å²) in [5, 5.41) is 9.55. The van der Waals surface area contributed by atoms with Crippen LogP contribution in [0.2, 0.25) is 5.02 Å². The SMILES string of the molecule is N#Cc1cccc(N2CCC(Oc3ccc(N)cc3Cl)CC2)c1. The maximum absolute atomic E-state index is 9.00. The summed E-state index contributed by atoms with van der Waals surface area (Å²) < 4.78 is 6.00. The van der Waals surface area contributed by atoms with Crippen molar-refractivity contribution in [2.75, 3.05) is 23.7 Å². The van der Waals surface area contributed by atoms with Gasteiger partial charge < -0.3 is 15.4 Å². The molecule has 0 radical (unpaired) electrons. The molecule has 1 aliphatic heterocycles. The molecule has 0 unspecified atom stereocenters. The van der Waals surface area contributed by atoms with E-state index in [1.165, 1.54) is 0 Å². The largest absolute Gasteiger partial charge is 0.489 e. The van der Waals surface area contributed by atoms with E-state index in [0.717, 1.165) is 31.6 Å². The van der Waals surface area contributed by atoms with Crippen LogP contribution < -0.4 is 15.4 Å². The van der Waals surface area contributed by atoms with Crippen LogP contribution in [0.4, 0.5) is 11.4 Å². The van der Waals surface area contributed by atoms with Crippen LogP contribution in [0.25, 0.3) is 0 Å². The lowest BCUT2D eigenvalue weighted by atomic mass is 10.1. The van der Waals surface area contributed by atoms with E-state index >= 15 is 0 Å². The lowest BCUT2D eigenvalue weighted by Crippen LogP contribution is -2.38. The standard InChI is InChI=1S/C18H18ClN3O/c19-17-11-14(21)4-5-18(17)23-16-6-8-22(9-7-16)15-3-1-2-13(10-15)12-20/h1-5,10-11,16H,6-9,21H2. The zero-order chi connectivity index (χ0) is 16.2. The number of rotatable bonds is 3. The Hall–Kier alpha value is -2.38. The number of benzene rings is 2. The molecule has 0 spiro atoms. The summed E-state index contributed by atoms with van der Waals surface area (Å²) in [6.45, 7) is 1.79. The summed E-state index contributed by atoms with van der Waals surface area (Å²) in [5.74, 6) is 0.686. The molecule has 3 rings (SSSR count). The van der Waals surface area contributed by atoms with E-state index < -0.39 is 0 Å². The third-order valence-electron chi connectivity index (χ3n) is 4.03. The lowest BCUT2D eigenvalue weighted by molar-refractivity contribution is 0.171. The van der Waals surface area contributed by atoms with E-state index in [9.17, 15) is 0 Å². The summed E-state index contributed by atoms with van der Waals surface area (Å²) in [7, 11) is 0. The molecule has 0 amide bonds. The molecular weight excluding hydrogens is 310 g/mol. The number of hydrogen-bond donors (Lipinski definition) is 1. The van der Waals surface area contributed by atoms with Crippen molar-refractivity contribution in [1.82, 2.24) is 0 Å². The Labute approximate surface area is 141 Å². The first-order chi connectivity index (χ1) is 11.2. The van der Waals surface area contributed by atoms with Crippen LogP contribution in [0.3, 0.4) is 0 Å². The number of nitrogens with zero attached hydrogens (tertiary/aromatic N) is 2. The van der Waals surface area contributed by atoms with Gasteiger partial charge in [-0.05, 0) is 36.4 Å². The van der Waals surface area contributed by atoms with Gasteiger partial charge in [-0.25, -0.2) is 0 Å². The molecule has 4 nitrogen and oxygen atoms in total. The zero-order valence-electron chi connectivity index (χ0n) is 12.7. The van der Waals surface area contributed by atoms with E-state index in [-0.39, 0.29) is 6.10 Å². The van der Waals surface area contributed by atoms with Crippen LogP contribution in [0.1, 0.15) is 18.4 Å². The summed E-state index contributed by atoms with van der Waals surface area (Å²) in [6, 6.07) is 15.2. The number of ether oxygens (including phenoxy) is 1. The van der Waals surface area contributed by atoms with Crippen molar-refractivity contribution in [3.63, 3.8) is 0 Å². The number of nitrogens with two attached hydrogens (primary N) is 1. The third kappa shape index (κ3) is 3.69. The van der Waals surface area contributed by atoms with Crippen LogP contribution in [-0.4, -0.2) is 19.2 Å². The molecule has 1 aliphatic rings. The Morgan fingerprint density at radius 2 is 1.96 bits per heavy atom. The number of halogens is 1. The molecule has 0 aliphatic carbocycles. The van der Waals surface area contributed by atoms with E-state index in [2.05, 4.69) is 11.0 Å². The average Bonchev–Trinajstić information content (AvgIpc) is 2.58. The zero-order valence-corrected chi connectivity index (χ0v) is 13.5. The number of anilines is 2. The summed E-state index contributed by atoms with van der Waals surface area (Å²) >= 11 is 6.16. The van der Waals surface area contributed by atoms with Crippen molar-refractivity contribution in [2.45, 2.75) is 18.9 Å². The highest BCUT2D eigenvalue weighted by molar-refractivity contribution is 6.32. The van der Waals surface area contributed by atoms with Crippen LogP contribution in [0.5, 0.6) is 5.75 Å². The van der Waals surface area contributed by atoms with Crippen molar-refractivity contribution in [3.05, 3.63) is 53.1 Å². The van der Waals surface area contributed by atoms with Crippen molar-refractivity contribution in [1.29, 1.82) is 5.26 Å². The molecule has 0 saturated carbocycles. The van der Waals surface area contributed by atoms with Crippen molar-refractivity contribution < 1.29 is 4.74 Å². The Morgan fingerprint density at radius 1 is 1.17 bits per heavy atom. The Balaban J connectivity index is 1.61. The topological polar surface area (TPSA) is 62.3 Å². The predicted molar refractivity (Wildman–Crippen MR) is 92.9 cm³/mol. The van der Waals surface area contributed by atoms with Gasteiger partial charge in [0.1, 0.15) is 11.9 Å². The summed E-state index contributed by atoms with van der Waals surface area (Å²) in [5.41, 5.74) is 8.11. The molecule has 118 valence electrons. The van der Waals surface area contributed by atoms with E-state index in [1.54, 1.807) is 12.1 Å². The molecule has 23 heavy (non-hydrogen) atoms. The Kier molecular flexibility index (Phi) is 4.59. The first-order valence-corrected chi connectivity index (χ1v) is 8.00. The monoisotopic (exact) mass is 327 g/mol. The quantitative estimate of drug-likeness (QED) is 0.870. The molecule has 0 bridgehead atoms. The van der Waals surface area contributed by atoms with E-state index in [0.29, 0.717) is 22.0 Å². The highest BCUT2D eigenvalue weighted by Crippen LogP contribution is 2.30. The fourth-order valence-corrected chi connectivity index (χ4v) is 3.03. The second-order valence-electron chi connectivity index (χ2n) is 5.66. The van der Waals surface area contributed by atoms with Gasteiger partial charge in [-0.1, -0.05) is 17.7 Å². The second kappa shape index (κ2) is 6.80. The van der Waals surface area contributed by atoms with Gasteiger partial charge in [0.15, 0.2) is 0 Å². The fourth-order valence-electron chi connectivity index (χ4n) is 2.80. The molecule has 2 aromatic carbocycles. The first-order valence-electron chi connectivity index (χ1n) is 7.62. The molecule has 1 fully saturated rings. The molecule has 2 N–H and O–H groups in total. The second-order valence-corrected chi connectivity index (χ2v) is 6.06. The maximum Gasteiger partial charge on any atom is 0.138 e. The number of hydrogen-bond acceptors (Lipinski definition) is 4. The molecular formula is C18H18ClN3O. The van der Waals surface area contributed by atoms with E-state index in [4.69, 9.17) is 27.3 Å². The highest BCUT2D eigenvalue weighted by atomic mass is 35.5. The highest BCUT2D eigenvalue weighted by Gasteiger charge is 2.21. The number of piperidine rings is 1. The molecule has 1 saturated heterocycles. The van der Waals surface area contributed by atoms with Gasteiger partial charge in [0.25, 0.3) is 0 Å². The van der Waals surface area contributed by atoms with Crippen molar-refractivity contribution >= 4 is 23.0 Å². The van der Waals surface area contributed by atoms with Gasteiger partial charge in [-0.2, -0.15) is 5.26 Å². The van der Waals surface area contributed by atoms with Crippen LogP contribution in [-0.2, 0) is 0 Å². The predicted octanol–water partition coefficient (Wildman–Crippen LogP) is 3.84. The Morgan fingerprint density at radius 3 is 2.65 bits per heavy atom. The van der Waals surface area contributed by atoms with Crippen LogP contribution >= 0.6 is 11.6 Å². The van der Waals surface area contributed by atoms with Gasteiger partial charge in [-0.3, -0.25) is 0 Å².